The zero-order valence-corrected chi connectivity index (χ0v) is 21.6. The number of alkyl halides is 4. The fourth-order valence-electron chi connectivity index (χ4n) is 3.52. The third-order valence-corrected chi connectivity index (χ3v) is 5.44. The van der Waals surface area contributed by atoms with E-state index in [2.05, 4.69) is 4.74 Å². The van der Waals surface area contributed by atoms with Crippen LogP contribution in [0.3, 0.4) is 0 Å². The van der Waals surface area contributed by atoms with E-state index in [4.69, 9.17) is 9.47 Å². The molecule has 2 aromatic rings. The maximum atomic E-state index is 14.5. The molecule has 2 atom stereocenters. The van der Waals surface area contributed by atoms with E-state index in [0.717, 1.165) is 17.0 Å². The first-order valence-electron chi connectivity index (χ1n) is 11.9. The van der Waals surface area contributed by atoms with E-state index < -0.39 is 47.8 Å². The van der Waals surface area contributed by atoms with Gasteiger partial charge >= 0.3 is 18.3 Å². The van der Waals surface area contributed by atoms with Crippen LogP contribution in [-0.4, -0.2) is 54.0 Å². The average molecular weight is 542 g/mol. The van der Waals surface area contributed by atoms with Crippen molar-refractivity contribution >= 4 is 17.8 Å². The van der Waals surface area contributed by atoms with Gasteiger partial charge < -0.3 is 19.1 Å². The molecule has 0 saturated heterocycles. The maximum Gasteiger partial charge on any atom is 0.573 e. The molecule has 0 aliphatic heterocycles. The van der Waals surface area contributed by atoms with Gasteiger partial charge in [-0.05, 0) is 37.1 Å². The molecule has 0 heterocycles. The molecule has 2 aromatic carbocycles. The van der Waals surface area contributed by atoms with Gasteiger partial charge in [0.15, 0.2) is 0 Å². The highest BCUT2D eigenvalue weighted by atomic mass is 19.4. The molecule has 0 fully saturated rings. The molecular formula is C27H31F4NO6. The third-order valence-electron chi connectivity index (χ3n) is 5.44. The van der Waals surface area contributed by atoms with Gasteiger partial charge in [-0.1, -0.05) is 49.4 Å². The van der Waals surface area contributed by atoms with Gasteiger partial charge in [-0.15, -0.1) is 13.2 Å². The largest absolute Gasteiger partial charge is 0.573 e. The molecule has 38 heavy (non-hydrogen) atoms. The minimum atomic E-state index is -4.87. The Kier molecular flexibility index (Phi) is 10.7. The number of hydrogen-bond donors (Lipinski definition) is 0. The molecular weight excluding hydrogens is 510 g/mol. The highest BCUT2D eigenvalue weighted by Crippen LogP contribution is 2.25. The Morgan fingerprint density at radius 2 is 1.50 bits per heavy atom. The molecule has 0 aliphatic carbocycles. The van der Waals surface area contributed by atoms with Crippen molar-refractivity contribution < 1.29 is 46.2 Å². The third kappa shape index (κ3) is 10.4. The molecule has 0 N–H and O–H groups in total. The molecule has 0 aliphatic rings. The minimum absolute atomic E-state index is 0.0574. The number of benzene rings is 2. The normalized spacial score (nSPS) is 13.3. The Hall–Kier alpha value is -3.63. The summed E-state index contributed by atoms with van der Waals surface area (Å²) in [5.74, 6) is -2.83. The van der Waals surface area contributed by atoms with Crippen LogP contribution >= 0.6 is 0 Å². The molecule has 7 nitrogen and oxygen atoms in total. The van der Waals surface area contributed by atoms with E-state index in [1.165, 1.54) is 33.0 Å². The first-order valence-corrected chi connectivity index (χ1v) is 11.9. The standard InChI is InChI=1S/C27H31F4NO6/c1-5-23(33)32(4)21(16-26(2,3)28)24(34)37-22(25(35)36-17-19-9-7-6-8-10-19)15-18-11-13-20(14-12-18)38-27(29,30)31/h6-14,21-22H,5,15-17H2,1-4H3/t21-,22+/m0/s1. The van der Waals surface area contributed by atoms with Gasteiger partial charge in [0.1, 0.15) is 24.1 Å². The number of carbonyl (C=O) groups excluding carboxylic acids is 3. The lowest BCUT2D eigenvalue weighted by Gasteiger charge is -2.31. The lowest BCUT2D eigenvalue weighted by molar-refractivity contribution is -0.274. The summed E-state index contributed by atoms with van der Waals surface area (Å²) in [6, 6.07) is 12.1. The highest BCUT2D eigenvalue weighted by Gasteiger charge is 2.37. The second kappa shape index (κ2) is 13.3. The Balaban J connectivity index is 2.27. The molecule has 0 saturated carbocycles. The van der Waals surface area contributed by atoms with Gasteiger partial charge in [-0.3, -0.25) is 4.79 Å². The van der Waals surface area contributed by atoms with E-state index >= 15 is 0 Å². The number of likely N-dealkylation sites (N-methyl/N-ethyl adjacent to an activating group) is 1. The highest BCUT2D eigenvalue weighted by molar-refractivity contribution is 5.86. The lowest BCUT2D eigenvalue weighted by atomic mass is 9.99. The van der Waals surface area contributed by atoms with Gasteiger partial charge in [0.2, 0.25) is 12.0 Å². The number of amides is 1. The summed E-state index contributed by atoms with van der Waals surface area (Å²) in [7, 11) is 1.34. The number of ether oxygens (including phenoxy) is 3. The van der Waals surface area contributed by atoms with Crippen LogP contribution in [0.1, 0.15) is 44.7 Å². The summed E-state index contributed by atoms with van der Waals surface area (Å²) in [4.78, 5) is 39.4. The molecule has 0 spiro atoms. The van der Waals surface area contributed by atoms with Gasteiger partial charge in [0.05, 0.1) is 0 Å². The van der Waals surface area contributed by atoms with Crippen molar-refractivity contribution in [2.75, 3.05) is 7.05 Å². The summed E-state index contributed by atoms with van der Waals surface area (Å²) >= 11 is 0. The number of hydrogen-bond acceptors (Lipinski definition) is 6. The van der Waals surface area contributed by atoms with E-state index in [0.29, 0.717) is 11.1 Å². The van der Waals surface area contributed by atoms with Gasteiger partial charge in [-0.2, -0.15) is 0 Å². The predicted octanol–water partition coefficient (Wildman–Crippen LogP) is 5.16. The predicted molar refractivity (Wildman–Crippen MR) is 130 cm³/mol. The van der Waals surface area contributed by atoms with Crippen molar-refractivity contribution in [1.82, 2.24) is 4.90 Å². The summed E-state index contributed by atoms with van der Waals surface area (Å²) in [5, 5.41) is 0. The fraction of sp³-hybridized carbons (Fsp3) is 0.444. The molecule has 208 valence electrons. The summed E-state index contributed by atoms with van der Waals surface area (Å²) in [6.45, 7) is 3.94. The number of rotatable bonds is 12. The molecule has 0 aromatic heterocycles. The molecule has 0 radical (unpaired) electrons. The number of carbonyl (C=O) groups is 3. The Bertz CT molecular complexity index is 1070. The van der Waals surface area contributed by atoms with E-state index in [-0.39, 0.29) is 25.9 Å². The van der Waals surface area contributed by atoms with E-state index in [9.17, 15) is 31.9 Å². The van der Waals surface area contributed by atoms with Crippen LogP contribution < -0.4 is 4.74 Å². The first kappa shape index (κ1) is 30.6. The SMILES string of the molecule is CCC(=O)N(C)[C@@H](CC(C)(C)F)C(=O)O[C@H](Cc1ccc(OC(F)(F)F)cc1)C(=O)OCc1ccccc1. The molecule has 0 bridgehead atoms. The van der Waals surface area contributed by atoms with Crippen molar-refractivity contribution in [2.24, 2.45) is 0 Å². The lowest BCUT2D eigenvalue weighted by Crippen LogP contribution is -2.48. The topological polar surface area (TPSA) is 82.1 Å². The van der Waals surface area contributed by atoms with Gasteiger partial charge in [-0.25, -0.2) is 14.0 Å². The minimum Gasteiger partial charge on any atom is -0.458 e. The molecule has 2 rings (SSSR count). The quantitative estimate of drug-likeness (QED) is 0.273. The Labute approximate surface area is 218 Å². The van der Waals surface area contributed by atoms with Crippen molar-refractivity contribution in [3.8, 4) is 5.75 Å². The molecule has 0 unspecified atom stereocenters. The van der Waals surface area contributed by atoms with Crippen LogP contribution in [-0.2, 0) is 36.9 Å². The summed E-state index contributed by atoms with van der Waals surface area (Å²) in [5.41, 5.74) is -0.830. The van der Waals surface area contributed by atoms with Gasteiger partial charge in [0, 0.05) is 26.3 Å². The van der Waals surface area contributed by atoms with E-state index in [1.807, 2.05) is 0 Å². The number of nitrogens with zero attached hydrogens (tertiary/aromatic N) is 1. The van der Waals surface area contributed by atoms with Gasteiger partial charge in [0.25, 0.3) is 0 Å². The monoisotopic (exact) mass is 541 g/mol. The van der Waals surface area contributed by atoms with Crippen molar-refractivity contribution in [3.05, 3.63) is 65.7 Å². The smallest absolute Gasteiger partial charge is 0.458 e. The summed E-state index contributed by atoms with van der Waals surface area (Å²) in [6.07, 6.45) is -6.97. The molecule has 1 amide bonds. The molecule has 11 heteroatoms. The van der Waals surface area contributed by atoms with Crippen LogP contribution in [0, 0.1) is 0 Å². The van der Waals surface area contributed by atoms with Crippen molar-refractivity contribution in [3.63, 3.8) is 0 Å². The van der Waals surface area contributed by atoms with Crippen LogP contribution in [0.25, 0.3) is 0 Å². The van der Waals surface area contributed by atoms with Crippen LogP contribution in [0.15, 0.2) is 54.6 Å². The Morgan fingerprint density at radius 1 is 0.895 bits per heavy atom. The zero-order chi connectivity index (χ0) is 28.5. The fourth-order valence-corrected chi connectivity index (χ4v) is 3.52. The van der Waals surface area contributed by atoms with E-state index in [1.54, 1.807) is 37.3 Å². The summed E-state index contributed by atoms with van der Waals surface area (Å²) < 4.78 is 66.5. The average Bonchev–Trinajstić information content (AvgIpc) is 2.84. The second-order valence-corrected chi connectivity index (χ2v) is 9.21. The van der Waals surface area contributed by atoms with Crippen LogP contribution in [0.5, 0.6) is 5.75 Å². The van der Waals surface area contributed by atoms with Crippen LogP contribution in [0.2, 0.25) is 0 Å². The zero-order valence-electron chi connectivity index (χ0n) is 21.6. The van der Waals surface area contributed by atoms with Crippen LogP contribution in [0.4, 0.5) is 17.6 Å². The van der Waals surface area contributed by atoms with Crippen molar-refractivity contribution in [1.29, 1.82) is 0 Å². The number of halogens is 4. The maximum absolute atomic E-state index is 14.5. The van der Waals surface area contributed by atoms with Crippen molar-refractivity contribution in [2.45, 2.75) is 70.8 Å². The second-order valence-electron chi connectivity index (χ2n) is 9.21. The number of esters is 2. The first-order chi connectivity index (χ1) is 17.7. The Morgan fingerprint density at radius 3 is 2.03 bits per heavy atom.